The lowest BCUT2D eigenvalue weighted by Crippen LogP contribution is -2.45. The number of carbonyl (C=O) groups excluding carboxylic acids is 2. The lowest BCUT2D eigenvalue weighted by Gasteiger charge is -2.20. The van der Waals surface area contributed by atoms with Gasteiger partial charge in [-0.15, -0.1) is 0 Å². The van der Waals surface area contributed by atoms with E-state index in [1.807, 2.05) is 32.0 Å². The molecule has 2 aromatic rings. The molecule has 3 N–H and O–H groups in total. The highest BCUT2D eigenvalue weighted by Crippen LogP contribution is 2.19. The summed E-state index contributed by atoms with van der Waals surface area (Å²) < 4.78 is 26.4. The largest absolute Gasteiger partial charge is 0.346 e. The first-order valence-electron chi connectivity index (χ1n) is 9.03. The highest BCUT2D eigenvalue weighted by atomic mass is 19.2. The van der Waals surface area contributed by atoms with Crippen LogP contribution in [0.4, 0.5) is 14.5 Å². The highest BCUT2D eigenvalue weighted by Gasteiger charge is 2.18. The number of para-hydroxylation sites is 1. The van der Waals surface area contributed by atoms with Crippen molar-refractivity contribution in [2.24, 2.45) is 0 Å². The molecule has 0 bridgehead atoms. The van der Waals surface area contributed by atoms with Gasteiger partial charge in [0.25, 0.3) is 0 Å². The van der Waals surface area contributed by atoms with Crippen LogP contribution in [0.1, 0.15) is 36.6 Å². The summed E-state index contributed by atoms with van der Waals surface area (Å²) in [5.74, 6) is -2.55. The average Bonchev–Trinajstić information content (AvgIpc) is 2.64. The Labute approximate surface area is 163 Å². The Kier molecular flexibility index (Phi) is 7.23. The molecule has 0 unspecified atom stereocenters. The topological polar surface area (TPSA) is 70.2 Å². The van der Waals surface area contributed by atoms with E-state index in [0.717, 1.165) is 28.9 Å². The smallest absolute Gasteiger partial charge is 0.243 e. The first-order valence-corrected chi connectivity index (χ1v) is 9.03. The third-order valence-corrected chi connectivity index (χ3v) is 4.51. The first kappa shape index (κ1) is 21.5. The van der Waals surface area contributed by atoms with Crippen LogP contribution in [0.25, 0.3) is 0 Å². The van der Waals surface area contributed by atoms with Crippen molar-refractivity contribution in [2.75, 3.05) is 11.9 Å². The quantitative estimate of drug-likeness (QED) is 0.680. The Hall–Kier alpha value is -2.80. The fourth-order valence-electron chi connectivity index (χ4n) is 2.84. The molecule has 0 aliphatic carbocycles. The standard InChI is InChI=1S/C21H25F2N3O2/c1-12-6-5-7-13(2)20(12)26-19(27)11-24-21(28)15(4)25-14(3)16-8-9-17(22)18(23)10-16/h5-10,14-15,25H,11H2,1-4H3,(H,24,28)(H,26,27)/t14-,15-/m0/s1. The van der Waals surface area contributed by atoms with Gasteiger partial charge in [0.15, 0.2) is 11.6 Å². The fraction of sp³-hybridized carbons (Fsp3) is 0.333. The van der Waals surface area contributed by atoms with E-state index in [1.54, 1.807) is 13.8 Å². The van der Waals surface area contributed by atoms with Crippen LogP contribution in [0.3, 0.4) is 0 Å². The van der Waals surface area contributed by atoms with Crippen molar-refractivity contribution >= 4 is 17.5 Å². The second-order valence-corrected chi connectivity index (χ2v) is 6.82. The van der Waals surface area contributed by atoms with Gasteiger partial charge in [-0.2, -0.15) is 0 Å². The van der Waals surface area contributed by atoms with Crippen LogP contribution in [0.2, 0.25) is 0 Å². The number of anilines is 1. The molecule has 0 heterocycles. The molecule has 0 saturated heterocycles. The van der Waals surface area contributed by atoms with E-state index in [9.17, 15) is 18.4 Å². The minimum atomic E-state index is -0.938. The number of amides is 2. The predicted octanol–water partition coefficient (Wildman–Crippen LogP) is 3.38. The van der Waals surface area contributed by atoms with Crippen LogP contribution in [0, 0.1) is 25.5 Å². The summed E-state index contributed by atoms with van der Waals surface area (Å²) in [6.45, 7) is 7.00. The number of halogens is 2. The molecule has 0 aliphatic heterocycles. The van der Waals surface area contributed by atoms with Gasteiger partial charge in [-0.05, 0) is 56.5 Å². The molecule has 2 amide bonds. The summed E-state index contributed by atoms with van der Waals surface area (Å²) in [5.41, 5.74) is 3.14. The van der Waals surface area contributed by atoms with E-state index in [1.165, 1.54) is 6.07 Å². The summed E-state index contributed by atoms with van der Waals surface area (Å²) >= 11 is 0. The molecule has 0 aliphatic rings. The highest BCUT2D eigenvalue weighted by molar-refractivity contribution is 5.96. The van der Waals surface area contributed by atoms with Gasteiger partial charge in [0, 0.05) is 11.7 Å². The molecule has 2 aromatic carbocycles. The van der Waals surface area contributed by atoms with Crippen molar-refractivity contribution in [3.63, 3.8) is 0 Å². The normalized spacial score (nSPS) is 12.9. The Morgan fingerprint density at radius 2 is 1.64 bits per heavy atom. The molecule has 0 fully saturated rings. The van der Waals surface area contributed by atoms with Gasteiger partial charge < -0.3 is 10.6 Å². The maximum Gasteiger partial charge on any atom is 0.243 e. The van der Waals surface area contributed by atoms with Crippen molar-refractivity contribution in [2.45, 2.75) is 39.8 Å². The summed E-state index contributed by atoms with van der Waals surface area (Å²) in [5, 5.41) is 8.37. The van der Waals surface area contributed by atoms with Crippen LogP contribution < -0.4 is 16.0 Å². The molecular formula is C21H25F2N3O2. The maximum absolute atomic E-state index is 13.4. The van der Waals surface area contributed by atoms with E-state index in [4.69, 9.17) is 0 Å². The molecule has 0 saturated carbocycles. The zero-order valence-electron chi connectivity index (χ0n) is 16.4. The number of rotatable bonds is 7. The van der Waals surface area contributed by atoms with Crippen molar-refractivity contribution in [3.05, 3.63) is 64.7 Å². The van der Waals surface area contributed by atoms with E-state index in [2.05, 4.69) is 16.0 Å². The van der Waals surface area contributed by atoms with E-state index in [-0.39, 0.29) is 24.4 Å². The molecule has 0 spiro atoms. The van der Waals surface area contributed by atoms with Crippen molar-refractivity contribution in [1.29, 1.82) is 0 Å². The molecular weight excluding hydrogens is 364 g/mol. The van der Waals surface area contributed by atoms with E-state index in [0.29, 0.717) is 5.56 Å². The van der Waals surface area contributed by atoms with Gasteiger partial charge in [0.1, 0.15) is 0 Å². The number of carbonyl (C=O) groups is 2. The Balaban J connectivity index is 1.86. The van der Waals surface area contributed by atoms with E-state index < -0.39 is 17.7 Å². The van der Waals surface area contributed by atoms with Gasteiger partial charge in [-0.25, -0.2) is 8.78 Å². The van der Waals surface area contributed by atoms with Gasteiger partial charge in [-0.1, -0.05) is 24.3 Å². The Bertz CT molecular complexity index is 850. The zero-order valence-corrected chi connectivity index (χ0v) is 16.4. The lowest BCUT2D eigenvalue weighted by molar-refractivity contribution is -0.125. The third kappa shape index (κ3) is 5.60. The number of hydrogen-bond acceptors (Lipinski definition) is 3. The average molecular weight is 389 g/mol. The summed E-state index contributed by atoms with van der Waals surface area (Å²) in [7, 11) is 0. The van der Waals surface area contributed by atoms with E-state index >= 15 is 0 Å². The third-order valence-electron chi connectivity index (χ3n) is 4.51. The second kappa shape index (κ2) is 9.41. The van der Waals surface area contributed by atoms with Crippen LogP contribution in [0.15, 0.2) is 36.4 Å². The summed E-state index contributed by atoms with van der Waals surface area (Å²) in [6, 6.07) is 8.29. The first-order chi connectivity index (χ1) is 13.2. The zero-order chi connectivity index (χ0) is 20.8. The van der Waals surface area contributed by atoms with Crippen LogP contribution in [0.5, 0.6) is 0 Å². The lowest BCUT2D eigenvalue weighted by atomic mass is 10.1. The molecule has 2 atom stereocenters. The molecule has 5 nitrogen and oxygen atoms in total. The van der Waals surface area contributed by atoms with Crippen molar-refractivity contribution < 1.29 is 18.4 Å². The number of nitrogens with one attached hydrogen (secondary N) is 3. The molecule has 150 valence electrons. The van der Waals surface area contributed by atoms with Crippen LogP contribution in [-0.2, 0) is 9.59 Å². The number of aryl methyl sites for hydroxylation is 2. The molecule has 2 rings (SSSR count). The number of hydrogen-bond donors (Lipinski definition) is 3. The predicted molar refractivity (Wildman–Crippen MR) is 105 cm³/mol. The summed E-state index contributed by atoms with van der Waals surface area (Å²) in [6.07, 6.45) is 0. The Morgan fingerprint density at radius 1 is 1.00 bits per heavy atom. The monoisotopic (exact) mass is 389 g/mol. The fourth-order valence-corrected chi connectivity index (χ4v) is 2.84. The summed E-state index contributed by atoms with van der Waals surface area (Å²) in [4.78, 5) is 24.4. The minimum absolute atomic E-state index is 0.168. The number of benzene rings is 2. The molecule has 7 heteroatoms. The van der Waals surface area contributed by atoms with Crippen molar-refractivity contribution in [1.82, 2.24) is 10.6 Å². The maximum atomic E-state index is 13.4. The molecule has 0 radical (unpaired) electrons. The molecule has 28 heavy (non-hydrogen) atoms. The van der Waals surface area contributed by atoms with Gasteiger partial charge in [0.2, 0.25) is 11.8 Å². The van der Waals surface area contributed by atoms with Gasteiger partial charge in [0.05, 0.1) is 12.6 Å². The SMILES string of the molecule is Cc1cccc(C)c1NC(=O)CNC(=O)[C@H](C)N[C@@H](C)c1ccc(F)c(F)c1. The van der Waals surface area contributed by atoms with Crippen LogP contribution >= 0.6 is 0 Å². The van der Waals surface area contributed by atoms with Gasteiger partial charge in [-0.3, -0.25) is 14.9 Å². The van der Waals surface area contributed by atoms with Gasteiger partial charge >= 0.3 is 0 Å². The molecule has 0 aromatic heterocycles. The Morgan fingerprint density at radius 3 is 2.25 bits per heavy atom. The minimum Gasteiger partial charge on any atom is -0.346 e. The second-order valence-electron chi connectivity index (χ2n) is 6.82. The van der Waals surface area contributed by atoms with Crippen molar-refractivity contribution in [3.8, 4) is 0 Å². The van der Waals surface area contributed by atoms with Crippen LogP contribution in [-0.4, -0.2) is 24.4 Å².